The van der Waals surface area contributed by atoms with Crippen LogP contribution in [-0.2, 0) is 0 Å². The van der Waals surface area contributed by atoms with Crippen LogP contribution in [-0.4, -0.2) is 36.8 Å². The van der Waals surface area contributed by atoms with Gasteiger partial charge in [-0.25, -0.2) is 0 Å². The van der Waals surface area contributed by atoms with Crippen molar-refractivity contribution in [2.24, 2.45) is 16.7 Å². The van der Waals surface area contributed by atoms with Crippen LogP contribution in [0.15, 0.2) is 17.2 Å². The van der Waals surface area contributed by atoms with Crippen LogP contribution in [0.5, 0.6) is 17.2 Å². The number of carbonyl (C=O) groups excluding carboxylic acids is 1. The number of ether oxygens (including phenoxy) is 3. The lowest BCUT2D eigenvalue weighted by molar-refractivity contribution is -0.0791. The molecule has 0 bridgehead atoms. The molecule has 28 heavy (non-hydrogen) atoms. The third kappa shape index (κ3) is 1.94. The van der Waals surface area contributed by atoms with Gasteiger partial charge in [-0.3, -0.25) is 4.79 Å². The van der Waals surface area contributed by atoms with Gasteiger partial charge in [0.1, 0.15) is 28.2 Å². The van der Waals surface area contributed by atoms with E-state index in [0.717, 1.165) is 5.57 Å². The van der Waals surface area contributed by atoms with E-state index in [4.69, 9.17) is 25.8 Å². The smallest absolute Gasteiger partial charge is 0.217 e. The van der Waals surface area contributed by atoms with E-state index in [-0.39, 0.29) is 38.9 Å². The van der Waals surface area contributed by atoms with Crippen molar-refractivity contribution in [1.82, 2.24) is 0 Å². The Morgan fingerprint density at radius 3 is 2.32 bits per heavy atom. The summed E-state index contributed by atoms with van der Waals surface area (Å²) in [5.74, 6) is 0.434. The fraction of sp³-hybridized carbons (Fsp3) is 0.591. The number of rotatable bonds is 2. The summed E-state index contributed by atoms with van der Waals surface area (Å²) >= 11 is 6.48. The molecule has 3 aliphatic rings. The largest absolute Gasteiger partial charge is 0.496 e. The van der Waals surface area contributed by atoms with Crippen LogP contribution in [0.25, 0.3) is 0 Å². The number of allylic oxidation sites excluding steroid dienone is 1. The van der Waals surface area contributed by atoms with Crippen molar-refractivity contribution in [3.63, 3.8) is 0 Å². The van der Waals surface area contributed by atoms with Gasteiger partial charge in [-0.15, -0.1) is 0 Å². The zero-order valence-electron chi connectivity index (χ0n) is 17.4. The molecule has 0 saturated carbocycles. The van der Waals surface area contributed by atoms with Crippen LogP contribution >= 0.6 is 11.6 Å². The number of fused-ring (bicyclic) bond motifs is 1. The maximum atomic E-state index is 13.7. The second-order valence-corrected chi connectivity index (χ2v) is 9.55. The molecule has 3 atom stereocenters. The zero-order chi connectivity index (χ0) is 20.8. The highest BCUT2D eigenvalue weighted by Gasteiger charge is 2.68. The van der Waals surface area contributed by atoms with Gasteiger partial charge in [0.15, 0.2) is 5.75 Å². The second kappa shape index (κ2) is 5.67. The van der Waals surface area contributed by atoms with Crippen LogP contribution < -0.4 is 14.2 Å². The third-order valence-corrected chi connectivity index (χ3v) is 8.04. The van der Waals surface area contributed by atoms with Gasteiger partial charge in [0.2, 0.25) is 11.4 Å². The Morgan fingerprint density at radius 1 is 1.14 bits per heavy atom. The normalized spacial score (nSPS) is 31.8. The van der Waals surface area contributed by atoms with Crippen LogP contribution in [0.3, 0.4) is 0 Å². The first-order valence-electron chi connectivity index (χ1n) is 9.57. The van der Waals surface area contributed by atoms with Crippen molar-refractivity contribution in [2.75, 3.05) is 14.2 Å². The predicted molar refractivity (Wildman–Crippen MR) is 107 cm³/mol. The number of aliphatic hydroxyl groups excluding tert-OH is 1. The molecule has 1 aromatic carbocycles. The minimum Gasteiger partial charge on any atom is -0.496 e. The standard InChI is InChI=1S/C22H27ClO5/c1-10-8-11-15(21(4,5)20(11,2)3)19(25)22(10)18(24)14-12(26-6)9-13(27-7)16(23)17(14)28-22/h9-10,19,25H,8H2,1-7H3/t10-,19-,22-/m1/s1. The van der Waals surface area contributed by atoms with E-state index in [1.54, 1.807) is 6.07 Å². The Morgan fingerprint density at radius 2 is 1.75 bits per heavy atom. The van der Waals surface area contributed by atoms with E-state index >= 15 is 0 Å². The van der Waals surface area contributed by atoms with Crippen molar-refractivity contribution in [1.29, 1.82) is 0 Å². The summed E-state index contributed by atoms with van der Waals surface area (Å²) in [5, 5.41) is 11.7. The number of ketones is 1. The molecule has 2 aliphatic carbocycles. The molecule has 6 heteroatoms. The van der Waals surface area contributed by atoms with E-state index in [2.05, 4.69) is 27.7 Å². The number of aliphatic hydroxyl groups is 1. The molecule has 152 valence electrons. The van der Waals surface area contributed by atoms with Crippen LogP contribution in [0, 0.1) is 16.7 Å². The zero-order valence-corrected chi connectivity index (χ0v) is 18.2. The van der Waals surface area contributed by atoms with Gasteiger partial charge in [-0.2, -0.15) is 0 Å². The molecule has 4 rings (SSSR count). The molecule has 1 spiro atoms. The highest BCUT2D eigenvalue weighted by molar-refractivity contribution is 6.35. The maximum Gasteiger partial charge on any atom is 0.217 e. The molecule has 0 fully saturated rings. The molecule has 0 aromatic heterocycles. The number of Topliss-reactive ketones (excluding diaryl/α,β-unsaturated/α-hetero) is 1. The Hall–Kier alpha value is -1.72. The van der Waals surface area contributed by atoms with Gasteiger partial charge < -0.3 is 19.3 Å². The van der Waals surface area contributed by atoms with E-state index in [9.17, 15) is 9.90 Å². The highest BCUT2D eigenvalue weighted by Crippen LogP contribution is 2.68. The summed E-state index contributed by atoms with van der Waals surface area (Å²) in [6.07, 6.45) is -0.347. The van der Waals surface area contributed by atoms with Crippen molar-refractivity contribution in [3.05, 3.63) is 27.8 Å². The Labute approximate surface area is 170 Å². The van der Waals surface area contributed by atoms with E-state index in [0.29, 0.717) is 17.9 Å². The Kier molecular flexibility index (Phi) is 3.97. The first-order valence-corrected chi connectivity index (χ1v) is 9.94. The SMILES string of the molecule is COc1cc(OC)c2c(c1Cl)O[C@@]1(C2=O)[C@H](C)CC2=C([C@H]1O)C(C)(C)C2(C)C. The van der Waals surface area contributed by atoms with Gasteiger partial charge in [-0.1, -0.05) is 51.8 Å². The lowest BCUT2D eigenvalue weighted by atomic mass is 9.43. The number of benzene rings is 1. The van der Waals surface area contributed by atoms with E-state index in [1.165, 1.54) is 19.8 Å². The number of methoxy groups -OCH3 is 2. The van der Waals surface area contributed by atoms with Crippen molar-refractivity contribution in [3.8, 4) is 17.2 Å². The van der Waals surface area contributed by atoms with E-state index < -0.39 is 11.7 Å². The molecule has 1 aromatic rings. The molecule has 5 nitrogen and oxygen atoms in total. The topological polar surface area (TPSA) is 65.0 Å². The van der Waals surface area contributed by atoms with Gasteiger partial charge in [0.05, 0.1) is 14.2 Å². The Bertz CT molecular complexity index is 929. The Balaban J connectivity index is 1.91. The first-order chi connectivity index (χ1) is 13.0. The van der Waals surface area contributed by atoms with Crippen molar-refractivity contribution in [2.45, 2.75) is 52.7 Å². The average molecular weight is 407 g/mol. The summed E-state index contributed by atoms with van der Waals surface area (Å²) in [6, 6.07) is 1.59. The van der Waals surface area contributed by atoms with Gasteiger partial charge in [0.25, 0.3) is 0 Å². The van der Waals surface area contributed by atoms with Gasteiger partial charge in [-0.05, 0) is 22.8 Å². The van der Waals surface area contributed by atoms with Crippen molar-refractivity contribution >= 4 is 17.4 Å². The first kappa shape index (κ1) is 19.6. The molecule has 1 N–H and O–H groups in total. The molecule has 0 unspecified atom stereocenters. The average Bonchev–Trinajstić information content (AvgIpc) is 2.95. The number of halogens is 1. The van der Waals surface area contributed by atoms with Gasteiger partial charge >= 0.3 is 0 Å². The number of hydrogen-bond acceptors (Lipinski definition) is 5. The van der Waals surface area contributed by atoms with Crippen molar-refractivity contribution < 1.29 is 24.1 Å². The number of carbonyl (C=O) groups is 1. The molecule has 1 aliphatic heterocycles. The monoisotopic (exact) mass is 406 g/mol. The van der Waals surface area contributed by atoms with E-state index in [1.807, 2.05) is 6.92 Å². The number of hydrogen-bond donors (Lipinski definition) is 1. The predicted octanol–water partition coefficient (Wildman–Crippen LogP) is 4.43. The fourth-order valence-electron chi connectivity index (χ4n) is 5.30. The van der Waals surface area contributed by atoms with Gasteiger partial charge in [0, 0.05) is 12.0 Å². The minimum atomic E-state index is -1.40. The summed E-state index contributed by atoms with van der Waals surface area (Å²) in [6.45, 7) is 10.6. The molecule has 0 saturated heterocycles. The molecular weight excluding hydrogens is 380 g/mol. The molecule has 0 radical (unpaired) electrons. The lowest BCUT2D eigenvalue weighted by Gasteiger charge is -2.62. The summed E-state index contributed by atoms with van der Waals surface area (Å²) < 4.78 is 17.0. The van der Waals surface area contributed by atoms with Crippen LogP contribution in [0.1, 0.15) is 51.4 Å². The van der Waals surface area contributed by atoms with Crippen LogP contribution in [0.2, 0.25) is 5.02 Å². The minimum absolute atomic E-state index is 0.0355. The maximum absolute atomic E-state index is 13.7. The molecule has 0 amide bonds. The summed E-state index contributed by atoms with van der Waals surface area (Å²) in [7, 11) is 2.98. The summed E-state index contributed by atoms with van der Waals surface area (Å²) in [4.78, 5) is 13.7. The molecule has 1 heterocycles. The molecular formula is C22H27ClO5. The van der Waals surface area contributed by atoms with Crippen LogP contribution in [0.4, 0.5) is 0 Å². The highest BCUT2D eigenvalue weighted by atomic mass is 35.5. The second-order valence-electron chi connectivity index (χ2n) is 9.17. The summed E-state index contributed by atoms with van der Waals surface area (Å²) in [5.41, 5.74) is 0.744. The fourth-order valence-corrected chi connectivity index (χ4v) is 5.57. The third-order valence-electron chi connectivity index (χ3n) is 7.68. The quantitative estimate of drug-likeness (QED) is 0.736. The lowest BCUT2D eigenvalue weighted by Crippen LogP contribution is -2.66.